The number of rotatable bonds is 6. The van der Waals surface area contributed by atoms with Crippen molar-refractivity contribution in [1.82, 2.24) is 0 Å². The molecule has 3 N–H and O–H groups in total. The molecule has 0 aliphatic heterocycles. The van der Waals surface area contributed by atoms with E-state index in [1.165, 1.54) is 32.1 Å². The van der Waals surface area contributed by atoms with Gasteiger partial charge in [-0.2, -0.15) is 0 Å². The number of anilines is 1. The molecule has 0 heterocycles. The normalized spacial score (nSPS) is 16.6. The van der Waals surface area contributed by atoms with Crippen molar-refractivity contribution in [3.05, 3.63) is 29.8 Å². The highest BCUT2D eigenvalue weighted by atomic mass is 35.5. The highest BCUT2D eigenvalue weighted by Crippen LogP contribution is 2.22. The van der Waals surface area contributed by atoms with Crippen molar-refractivity contribution in [2.45, 2.75) is 64.2 Å². The van der Waals surface area contributed by atoms with E-state index in [1.807, 2.05) is 31.2 Å². The topological polar surface area (TPSA) is 64.4 Å². The molecule has 2 rings (SSSR count). The predicted molar refractivity (Wildman–Crippen MR) is 92.2 cm³/mol. The first-order chi connectivity index (χ1) is 10.1. The fourth-order valence-electron chi connectivity index (χ4n) is 2.69. The lowest BCUT2D eigenvalue weighted by Gasteiger charge is -2.22. The maximum absolute atomic E-state index is 11.7. The number of nitrogens with two attached hydrogens (primary N) is 1. The van der Waals surface area contributed by atoms with Gasteiger partial charge in [-0.3, -0.25) is 4.79 Å². The Kier molecular flexibility index (Phi) is 8.46. The zero-order valence-corrected chi connectivity index (χ0v) is 14.0. The maximum atomic E-state index is 11.7. The highest BCUT2D eigenvalue weighted by Gasteiger charge is 2.13. The summed E-state index contributed by atoms with van der Waals surface area (Å²) in [5.41, 5.74) is 7.53. The molecule has 0 radical (unpaired) electrons. The first-order valence-electron chi connectivity index (χ1n) is 7.89. The Morgan fingerprint density at radius 2 is 2.09 bits per heavy atom. The van der Waals surface area contributed by atoms with Gasteiger partial charge in [0.05, 0.1) is 12.7 Å². The van der Waals surface area contributed by atoms with Crippen LogP contribution in [0.15, 0.2) is 24.3 Å². The molecule has 124 valence electrons. The van der Waals surface area contributed by atoms with E-state index in [4.69, 9.17) is 10.5 Å². The molecular weight excluding hydrogens is 300 g/mol. The van der Waals surface area contributed by atoms with Crippen LogP contribution in [0.5, 0.6) is 0 Å². The monoisotopic (exact) mass is 326 g/mol. The number of benzene rings is 1. The second kappa shape index (κ2) is 9.82. The highest BCUT2D eigenvalue weighted by molar-refractivity contribution is 5.91. The molecule has 1 saturated carbocycles. The number of carbonyl (C=O) groups excluding carboxylic acids is 1. The molecule has 1 aromatic carbocycles. The molecule has 0 aromatic heterocycles. The van der Waals surface area contributed by atoms with Crippen LogP contribution in [-0.4, -0.2) is 18.1 Å². The van der Waals surface area contributed by atoms with E-state index >= 15 is 0 Å². The molecule has 1 aromatic rings. The van der Waals surface area contributed by atoms with Gasteiger partial charge in [0.1, 0.15) is 0 Å². The van der Waals surface area contributed by atoms with Crippen LogP contribution in [0.1, 0.15) is 51.0 Å². The van der Waals surface area contributed by atoms with Gasteiger partial charge in [0.15, 0.2) is 0 Å². The van der Waals surface area contributed by atoms with E-state index in [9.17, 15) is 4.79 Å². The lowest BCUT2D eigenvalue weighted by Crippen LogP contribution is -2.24. The molecule has 5 heteroatoms. The van der Waals surface area contributed by atoms with Gasteiger partial charge in [-0.05, 0) is 37.5 Å². The van der Waals surface area contributed by atoms with Crippen molar-refractivity contribution in [3.8, 4) is 0 Å². The molecular formula is C17H27ClN2O2. The van der Waals surface area contributed by atoms with Crippen LogP contribution in [0.2, 0.25) is 0 Å². The number of hydrogen-bond donors (Lipinski definition) is 2. The smallest absolute Gasteiger partial charge is 0.225 e. The summed E-state index contributed by atoms with van der Waals surface area (Å²) in [5, 5.41) is 2.88. The summed E-state index contributed by atoms with van der Waals surface area (Å²) in [7, 11) is 0. The zero-order chi connectivity index (χ0) is 15.1. The van der Waals surface area contributed by atoms with Crippen LogP contribution in [0.4, 0.5) is 5.69 Å². The third-order valence-electron chi connectivity index (χ3n) is 3.76. The van der Waals surface area contributed by atoms with Gasteiger partial charge in [-0.15, -0.1) is 12.4 Å². The van der Waals surface area contributed by atoms with Gasteiger partial charge >= 0.3 is 0 Å². The Morgan fingerprint density at radius 1 is 1.36 bits per heavy atom. The summed E-state index contributed by atoms with van der Waals surface area (Å²) in [6.07, 6.45) is 6.96. The zero-order valence-electron chi connectivity index (χ0n) is 13.2. The van der Waals surface area contributed by atoms with Crippen LogP contribution >= 0.6 is 12.4 Å². The van der Waals surface area contributed by atoms with Crippen molar-refractivity contribution in [1.29, 1.82) is 0 Å². The SMILES string of the molecule is CC(N)CC(=O)Nc1cccc(COC2CCCCC2)c1.Cl. The lowest BCUT2D eigenvalue weighted by molar-refractivity contribution is -0.116. The predicted octanol–water partition coefficient (Wildman–Crippen LogP) is 3.63. The molecule has 1 unspecified atom stereocenters. The van der Waals surface area contributed by atoms with Crippen molar-refractivity contribution in [2.24, 2.45) is 5.73 Å². The average molecular weight is 327 g/mol. The van der Waals surface area contributed by atoms with E-state index in [0.717, 1.165) is 11.3 Å². The fourth-order valence-corrected chi connectivity index (χ4v) is 2.69. The van der Waals surface area contributed by atoms with Crippen LogP contribution in [0, 0.1) is 0 Å². The fraction of sp³-hybridized carbons (Fsp3) is 0.588. The molecule has 0 bridgehead atoms. The van der Waals surface area contributed by atoms with Crippen LogP contribution in [0.3, 0.4) is 0 Å². The van der Waals surface area contributed by atoms with Gasteiger partial charge in [0.25, 0.3) is 0 Å². The molecule has 1 aliphatic carbocycles. The Labute approximate surface area is 139 Å². The summed E-state index contributed by atoms with van der Waals surface area (Å²) < 4.78 is 5.96. The molecule has 0 saturated heterocycles. The molecule has 22 heavy (non-hydrogen) atoms. The minimum Gasteiger partial charge on any atom is -0.374 e. The van der Waals surface area contributed by atoms with Crippen LogP contribution < -0.4 is 11.1 Å². The van der Waals surface area contributed by atoms with Crippen molar-refractivity contribution in [2.75, 3.05) is 5.32 Å². The van der Waals surface area contributed by atoms with Crippen molar-refractivity contribution in [3.63, 3.8) is 0 Å². The standard InChI is InChI=1S/C17H26N2O2.ClH/c1-13(18)10-17(20)19-15-7-5-6-14(11-15)12-21-16-8-3-2-4-9-16;/h5-7,11,13,16H,2-4,8-10,12,18H2,1H3,(H,19,20);1H. The Hall–Kier alpha value is -1.10. The Bertz CT molecular complexity index is 460. The molecule has 1 aliphatic rings. The van der Waals surface area contributed by atoms with Crippen molar-refractivity contribution < 1.29 is 9.53 Å². The summed E-state index contributed by atoms with van der Waals surface area (Å²) in [4.78, 5) is 11.7. The van der Waals surface area contributed by atoms with E-state index in [2.05, 4.69) is 5.32 Å². The van der Waals surface area contributed by atoms with Gasteiger partial charge in [-0.1, -0.05) is 31.4 Å². The summed E-state index contributed by atoms with van der Waals surface area (Å²) in [6.45, 7) is 2.44. The number of hydrogen-bond acceptors (Lipinski definition) is 3. The molecule has 1 amide bonds. The van der Waals surface area contributed by atoms with E-state index in [1.54, 1.807) is 0 Å². The third-order valence-corrected chi connectivity index (χ3v) is 3.76. The van der Waals surface area contributed by atoms with Crippen molar-refractivity contribution >= 4 is 24.0 Å². The average Bonchev–Trinajstić information content (AvgIpc) is 2.46. The number of amides is 1. The second-order valence-electron chi connectivity index (χ2n) is 6.00. The number of nitrogens with one attached hydrogen (secondary N) is 1. The lowest BCUT2D eigenvalue weighted by atomic mass is 9.98. The van der Waals surface area contributed by atoms with Gasteiger partial charge < -0.3 is 15.8 Å². The number of halogens is 1. The van der Waals surface area contributed by atoms with Gasteiger partial charge in [-0.25, -0.2) is 0 Å². The number of carbonyl (C=O) groups is 1. The van der Waals surface area contributed by atoms with Gasteiger partial charge in [0, 0.05) is 18.2 Å². The molecule has 1 atom stereocenters. The summed E-state index contributed by atoms with van der Waals surface area (Å²) in [5.74, 6) is -0.0460. The number of ether oxygens (including phenoxy) is 1. The summed E-state index contributed by atoms with van der Waals surface area (Å²) >= 11 is 0. The van der Waals surface area contributed by atoms with Gasteiger partial charge in [0.2, 0.25) is 5.91 Å². The second-order valence-corrected chi connectivity index (χ2v) is 6.00. The van der Waals surface area contributed by atoms with E-state index in [0.29, 0.717) is 19.1 Å². The minimum atomic E-state index is -0.122. The third kappa shape index (κ3) is 6.77. The largest absolute Gasteiger partial charge is 0.374 e. The van der Waals surface area contributed by atoms with E-state index in [-0.39, 0.29) is 24.4 Å². The Balaban J connectivity index is 0.00000242. The molecule has 1 fully saturated rings. The molecule has 0 spiro atoms. The Morgan fingerprint density at radius 3 is 2.77 bits per heavy atom. The van der Waals surface area contributed by atoms with E-state index < -0.39 is 0 Å². The summed E-state index contributed by atoms with van der Waals surface area (Å²) in [6, 6.07) is 7.72. The quantitative estimate of drug-likeness (QED) is 0.839. The first kappa shape index (κ1) is 18.9. The van der Waals surface area contributed by atoms with Crippen LogP contribution in [0.25, 0.3) is 0 Å². The molecule has 4 nitrogen and oxygen atoms in total. The first-order valence-corrected chi connectivity index (χ1v) is 7.89. The van der Waals surface area contributed by atoms with Crippen LogP contribution in [-0.2, 0) is 16.1 Å². The maximum Gasteiger partial charge on any atom is 0.225 e. The minimum absolute atomic E-state index is 0.